The number of rotatable bonds is 1. The zero-order valence-electron chi connectivity index (χ0n) is 8.11. The van der Waals surface area contributed by atoms with Crippen LogP contribution in [0.3, 0.4) is 0 Å². The second-order valence-electron chi connectivity index (χ2n) is 3.34. The fraction of sp³-hybridized carbons (Fsp3) is 0.200. The van der Waals surface area contributed by atoms with E-state index in [1.54, 1.807) is 0 Å². The van der Waals surface area contributed by atoms with Gasteiger partial charge in [-0.25, -0.2) is 4.98 Å². The molecule has 0 atom stereocenters. The summed E-state index contributed by atoms with van der Waals surface area (Å²) in [5.74, 6) is 0. The summed E-state index contributed by atoms with van der Waals surface area (Å²) < 4.78 is 1.94. The molecular formula is C10H11N3S. The first-order valence-electron chi connectivity index (χ1n) is 4.34. The maximum absolute atomic E-state index is 5.65. The van der Waals surface area contributed by atoms with E-state index in [9.17, 15) is 0 Å². The van der Waals surface area contributed by atoms with E-state index in [1.165, 1.54) is 0 Å². The van der Waals surface area contributed by atoms with E-state index in [2.05, 4.69) is 4.98 Å². The van der Waals surface area contributed by atoms with Gasteiger partial charge in [-0.2, -0.15) is 0 Å². The number of aromatic nitrogens is 2. The van der Waals surface area contributed by atoms with Crippen molar-refractivity contribution in [1.29, 1.82) is 0 Å². The van der Waals surface area contributed by atoms with Crippen molar-refractivity contribution in [2.45, 2.75) is 13.8 Å². The average Bonchev–Trinajstić information content (AvgIpc) is 2.40. The largest absolute Gasteiger partial charge is 0.388 e. The second kappa shape index (κ2) is 3.06. The number of hydrogen-bond donors (Lipinski definition) is 1. The molecule has 0 fully saturated rings. The molecule has 2 rings (SSSR count). The minimum Gasteiger partial charge on any atom is -0.388 e. The minimum absolute atomic E-state index is 0.389. The van der Waals surface area contributed by atoms with Crippen molar-refractivity contribution >= 4 is 22.9 Å². The van der Waals surface area contributed by atoms with Gasteiger partial charge in [0.1, 0.15) is 16.3 Å². The quantitative estimate of drug-likeness (QED) is 0.719. The van der Waals surface area contributed by atoms with Crippen LogP contribution in [-0.4, -0.2) is 14.4 Å². The number of nitrogens with two attached hydrogens (primary N) is 1. The molecule has 2 N–H and O–H groups in total. The fourth-order valence-corrected chi connectivity index (χ4v) is 1.81. The van der Waals surface area contributed by atoms with Gasteiger partial charge in [0.2, 0.25) is 0 Å². The Morgan fingerprint density at radius 2 is 2.14 bits per heavy atom. The summed E-state index contributed by atoms with van der Waals surface area (Å²) in [5, 5.41) is 0. The predicted molar refractivity (Wildman–Crippen MR) is 60.6 cm³/mol. The summed E-state index contributed by atoms with van der Waals surface area (Å²) >= 11 is 4.99. The van der Waals surface area contributed by atoms with Crippen molar-refractivity contribution in [1.82, 2.24) is 9.38 Å². The van der Waals surface area contributed by atoms with Gasteiger partial charge in [0.05, 0.1) is 5.69 Å². The lowest BCUT2D eigenvalue weighted by molar-refractivity contribution is 1.14. The van der Waals surface area contributed by atoms with E-state index in [4.69, 9.17) is 18.0 Å². The molecule has 72 valence electrons. The predicted octanol–water partition coefficient (Wildman–Crippen LogP) is 1.59. The van der Waals surface area contributed by atoms with Crippen LogP contribution in [0.15, 0.2) is 18.3 Å². The number of aryl methyl sites for hydroxylation is 2. The molecule has 0 aliphatic rings. The van der Waals surface area contributed by atoms with Gasteiger partial charge in [0.25, 0.3) is 0 Å². The third-order valence-corrected chi connectivity index (χ3v) is 2.37. The van der Waals surface area contributed by atoms with Crippen molar-refractivity contribution in [2.24, 2.45) is 5.73 Å². The summed E-state index contributed by atoms with van der Waals surface area (Å²) in [5.41, 5.74) is 9.40. The number of nitrogens with zero attached hydrogens (tertiary/aromatic N) is 2. The van der Waals surface area contributed by atoms with E-state index in [1.807, 2.05) is 36.6 Å². The highest BCUT2D eigenvalue weighted by atomic mass is 32.1. The SMILES string of the molecule is Cc1ccc2nc(C)c(C(N)=S)n2c1. The molecule has 0 saturated heterocycles. The van der Waals surface area contributed by atoms with Crippen LogP contribution < -0.4 is 5.73 Å². The van der Waals surface area contributed by atoms with E-state index >= 15 is 0 Å². The summed E-state index contributed by atoms with van der Waals surface area (Å²) in [6, 6.07) is 3.98. The first kappa shape index (κ1) is 9.15. The molecule has 2 heterocycles. The monoisotopic (exact) mass is 205 g/mol. The molecule has 0 aliphatic heterocycles. The van der Waals surface area contributed by atoms with E-state index in [-0.39, 0.29) is 0 Å². The third kappa shape index (κ3) is 1.28. The molecular weight excluding hydrogens is 194 g/mol. The number of hydrogen-bond acceptors (Lipinski definition) is 2. The molecule has 0 amide bonds. The highest BCUT2D eigenvalue weighted by molar-refractivity contribution is 7.80. The van der Waals surface area contributed by atoms with Gasteiger partial charge in [0, 0.05) is 6.20 Å². The zero-order valence-corrected chi connectivity index (χ0v) is 8.93. The fourth-order valence-electron chi connectivity index (χ4n) is 1.57. The van der Waals surface area contributed by atoms with Gasteiger partial charge in [-0.3, -0.25) is 4.40 Å². The topological polar surface area (TPSA) is 43.3 Å². The van der Waals surface area contributed by atoms with Gasteiger partial charge in [-0.15, -0.1) is 0 Å². The van der Waals surface area contributed by atoms with Gasteiger partial charge < -0.3 is 5.73 Å². The minimum atomic E-state index is 0.389. The molecule has 0 saturated carbocycles. The van der Waals surface area contributed by atoms with Gasteiger partial charge in [-0.05, 0) is 25.5 Å². The van der Waals surface area contributed by atoms with Gasteiger partial charge >= 0.3 is 0 Å². The van der Waals surface area contributed by atoms with E-state index < -0.39 is 0 Å². The normalized spacial score (nSPS) is 10.7. The summed E-state index contributed by atoms with van der Waals surface area (Å²) in [6.07, 6.45) is 1.99. The van der Waals surface area contributed by atoms with Crippen LogP contribution in [0, 0.1) is 13.8 Å². The molecule has 2 aromatic rings. The van der Waals surface area contributed by atoms with E-state index in [0.717, 1.165) is 22.6 Å². The Hall–Kier alpha value is -1.42. The van der Waals surface area contributed by atoms with Crippen LogP contribution in [-0.2, 0) is 0 Å². The summed E-state index contributed by atoms with van der Waals surface area (Å²) in [7, 11) is 0. The van der Waals surface area contributed by atoms with E-state index in [0.29, 0.717) is 4.99 Å². The Morgan fingerprint density at radius 3 is 2.79 bits per heavy atom. The Labute approximate surface area is 87.6 Å². The smallest absolute Gasteiger partial charge is 0.137 e. The van der Waals surface area contributed by atoms with Crippen LogP contribution in [0.1, 0.15) is 17.0 Å². The maximum atomic E-state index is 5.65. The highest BCUT2D eigenvalue weighted by Crippen LogP contribution is 2.12. The van der Waals surface area contributed by atoms with Crippen LogP contribution >= 0.6 is 12.2 Å². The summed E-state index contributed by atoms with van der Waals surface area (Å²) in [4.78, 5) is 4.76. The first-order valence-corrected chi connectivity index (χ1v) is 4.75. The Morgan fingerprint density at radius 1 is 1.43 bits per heavy atom. The number of fused-ring (bicyclic) bond motifs is 1. The summed E-state index contributed by atoms with van der Waals surface area (Å²) in [6.45, 7) is 3.94. The van der Waals surface area contributed by atoms with Gasteiger partial charge in [-0.1, -0.05) is 18.3 Å². The van der Waals surface area contributed by atoms with Crippen molar-refractivity contribution in [2.75, 3.05) is 0 Å². The van der Waals surface area contributed by atoms with Crippen molar-refractivity contribution in [3.8, 4) is 0 Å². The Kier molecular flexibility index (Phi) is 2.00. The lowest BCUT2D eigenvalue weighted by Gasteiger charge is -2.00. The molecule has 0 aliphatic carbocycles. The number of imidazole rings is 1. The highest BCUT2D eigenvalue weighted by Gasteiger charge is 2.10. The molecule has 3 nitrogen and oxygen atoms in total. The number of thiocarbonyl (C=S) groups is 1. The lowest BCUT2D eigenvalue weighted by Crippen LogP contribution is -2.13. The van der Waals surface area contributed by atoms with Crippen molar-refractivity contribution in [3.05, 3.63) is 35.3 Å². The first-order chi connectivity index (χ1) is 6.59. The van der Waals surface area contributed by atoms with Crippen molar-refractivity contribution in [3.63, 3.8) is 0 Å². The van der Waals surface area contributed by atoms with Crippen LogP contribution in [0.5, 0.6) is 0 Å². The molecule has 0 bridgehead atoms. The van der Waals surface area contributed by atoms with Crippen LogP contribution in [0.25, 0.3) is 5.65 Å². The molecule has 0 unspecified atom stereocenters. The number of pyridine rings is 1. The Bertz CT molecular complexity index is 513. The molecule has 0 spiro atoms. The van der Waals surface area contributed by atoms with Crippen molar-refractivity contribution < 1.29 is 0 Å². The third-order valence-electron chi connectivity index (χ3n) is 2.17. The zero-order chi connectivity index (χ0) is 10.3. The molecule has 0 aromatic carbocycles. The Balaban J connectivity index is 2.86. The van der Waals surface area contributed by atoms with Crippen LogP contribution in [0.2, 0.25) is 0 Å². The van der Waals surface area contributed by atoms with Crippen LogP contribution in [0.4, 0.5) is 0 Å². The second-order valence-corrected chi connectivity index (χ2v) is 3.78. The molecule has 2 aromatic heterocycles. The lowest BCUT2D eigenvalue weighted by atomic mass is 10.3. The van der Waals surface area contributed by atoms with Gasteiger partial charge in [0.15, 0.2) is 0 Å². The molecule has 4 heteroatoms. The molecule has 0 radical (unpaired) electrons. The maximum Gasteiger partial charge on any atom is 0.137 e. The standard InChI is InChI=1S/C10H11N3S/c1-6-3-4-8-12-7(2)9(10(11)14)13(8)5-6/h3-5H,1-2H3,(H2,11,14). The average molecular weight is 205 g/mol. The molecule has 14 heavy (non-hydrogen) atoms.